The number of aromatic nitrogens is 1. The van der Waals surface area contributed by atoms with Crippen LogP contribution in [0, 0.1) is 0 Å². The van der Waals surface area contributed by atoms with Crippen LogP contribution in [0.2, 0.25) is 0 Å². The molecule has 4 rings (SSSR count). The summed E-state index contributed by atoms with van der Waals surface area (Å²) in [6, 6.07) is 18.9. The Hall–Kier alpha value is -2.72. The van der Waals surface area contributed by atoms with Crippen LogP contribution in [-0.4, -0.2) is 16.9 Å². The van der Waals surface area contributed by atoms with Gasteiger partial charge in [0.1, 0.15) is 0 Å². The van der Waals surface area contributed by atoms with Crippen molar-refractivity contribution in [2.24, 2.45) is 10.1 Å². The maximum Gasteiger partial charge on any atom is 0.206 e. The Bertz CT molecular complexity index is 993. The number of nitrogens with zero attached hydrogens (tertiary/aromatic N) is 3. The van der Waals surface area contributed by atoms with Gasteiger partial charge in [0.25, 0.3) is 0 Å². The average molecular weight is 345 g/mol. The van der Waals surface area contributed by atoms with Crippen LogP contribution in [0.25, 0.3) is 11.3 Å². The molecule has 2 aromatic carbocycles. The van der Waals surface area contributed by atoms with E-state index in [0.717, 1.165) is 34.6 Å². The summed E-state index contributed by atoms with van der Waals surface area (Å²) in [5.74, 6) is 0. The molecule has 0 unspecified atom stereocenters. The van der Waals surface area contributed by atoms with Crippen molar-refractivity contribution >= 4 is 17.0 Å². The first kappa shape index (κ1) is 15.8. The normalized spacial score (nSPS) is 15.5. The maximum atomic E-state index is 5.00. The number of aryl methyl sites for hydroxylation is 1. The molecule has 0 atom stereocenters. The lowest BCUT2D eigenvalue weighted by Gasteiger charge is -2.06. The Kier molecular flexibility index (Phi) is 4.44. The van der Waals surface area contributed by atoms with Crippen molar-refractivity contribution < 1.29 is 0 Å². The topological polar surface area (TPSA) is 29.6 Å². The van der Waals surface area contributed by atoms with Crippen molar-refractivity contribution in [1.82, 2.24) is 4.68 Å². The lowest BCUT2D eigenvalue weighted by molar-refractivity contribution is 0.830. The van der Waals surface area contributed by atoms with Gasteiger partial charge in [-0.05, 0) is 18.4 Å². The van der Waals surface area contributed by atoms with Crippen LogP contribution in [0.15, 0.2) is 82.7 Å². The molecule has 0 amide bonds. The van der Waals surface area contributed by atoms with Crippen LogP contribution in [0.5, 0.6) is 0 Å². The first-order valence-electron chi connectivity index (χ1n) is 8.40. The smallest absolute Gasteiger partial charge is 0.206 e. The van der Waals surface area contributed by atoms with Crippen LogP contribution in [0.4, 0.5) is 0 Å². The maximum absolute atomic E-state index is 5.00. The zero-order valence-corrected chi connectivity index (χ0v) is 14.7. The molecule has 1 aromatic heterocycles. The zero-order valence-electron chi connectivity index (χ0n) is 13.9. The van der Waals surface area contributed by atoms with Crippen molar-refractivity contribution in [2.75, 3.05) is 6.54 Å². The van der Waals surface area contributed by atoms with Crippen LogP contribution in [0.1, 0.15) is 17.5 Å². The van der Waals surface area contributed by atoms with Crippen molar-refractivity contribution in [2.45, 2.75) is 12.8 Å². The highest BCUT2D eigenvalue weighted by Crippen LogP contribution is 2.24. The number of fused-ring (bicyclic) bond motifs is 1. The zero-order chi connectivity index (χ0) is 17.1. The van der Waals surface area contributed by atoms with Crippen molar-refractivity contribution in [3.8, 4) is 11.3 Å². The van der Waals surface area contributed by atoms with E-state index in [4.69, 9.17) is 5.10 Å². The Morgan fingerprint density at radius 3 is 2.68 bits per heavy atom. The van der Waals surface area contributed by atoms with E-state index in [0.29, 0.717) is 6.54 Å². The standard InChI is InChI=1S/C21H19N3S/c1-2-14-22-21-24(20(15-25-21)17-9-4-3-5-10-17)23-19-13-12-16-8-6-7-11-18(16)19/h2-11,15H,1,12-14H2. The van der Waals surface area contributed by atoms with E-state index in [9.17, 15) is 0 Å². The predicted molar refractivity (Wildman–Crippen MR) is 105 cm³/mol. The number of hydrogen-bond donors (Lipinski definition) is 0. The van der Waals surface area contributed by atoms with Gasteiger partial charge in [0.05, 0.1) is 18.0 Å². The summed E-state index contributed by atoms with van der Waals surface area (Å²) in [5, 5.41) is 7.13. The van der Waals surface area contributed by atoms with Gasteiger partial charge in [-0.1, -0.05) is 60.7 Å². The van der Waals surface area contributed by atoms with Gasteiger partial charge < -0.3 is 0 Å². The van der Waals surface area contributed by atoms with E-state index in [1.807, 2.05) is 16.8 Å². The van der Waals surface area contributed by atoms with E-state index in [-0.39, 0.29) is 0 Å². The Morgan fingerprint density at radius 2 is 1.84 bits per heavy atom. The number of hydrogen-bond acceptors (Lipinski definition) is 3. The minimum absolute atomic E-state index is 0.593. The van der Waals surface area contributed by atoms with Gasteiger partial charge in [0.2, 0.25) is 4.80 Å². The molecule has 0 aliphatic heterocycles. The molecule has 0 saturated carbocycles. The van der Waals surface area contributed by atoms with Gasteiger partial charge in [-0.25, -0.2) is 4.68 Å². The third kappa shape index (κ3) is 3.13. The molecule has 0 spiro atoms. The SMILES string of the molecule is C=CCN=c1scc(-c2ccccc2)n1N=C1CCc2ccccc21. The Morgan fingerprint density at radius 1 is 1.04 bits per heavy atom. The molecule has 0 bridgehead atoms. The third-order valence-electron chi connectivity index (χ3n) is 4.29. The van der Waals surface area contributed by atoms with Crippen LogP contribution in [-0.2, 0) is 6.42 Å². The lowest BCUT2D eigenvalue weighted by Crippen LogP contribution is -2.14. The summed E-state index contributed by atoms with van der Waals surface area (Å²) >= 11 is 1.62. The van der Waals surface area contributed by atoms with E-state index in [1.54, 1.807) is 11.3 Å². The number of rotatable bonds is 4. The van der Waals surface area contributed by atoms with Gasteiger partial charge >= 0.3 is 0 Å². The fraction of sp³-hybridized carbons (Fsp3) is 0.143. The first-order valence-corrected chi connectivity index (χ1v) is 9.28. The molecule has 1 aliphatic carbocycles. The quantitative estimate of drug-likeness (QED) is 0.623. The Labute approximate surface area is 151 Å². The van der Waals surface area contributed by atoms with Crippen molar-refractivity contribution in [1.29, 1.82) is 0 Å². The van der Waals surface area contributed by atoms with Gasteiger partial charge in [-0.15, -0.1) is 17.9 Å². The summed E-state index contributed by atoms with van der Waals surface area (Å²) in [5.41, 5.74) is 5.99. The van der Waals surface area contributed by atoms with Gasteiger partial charge in [0, 0.05) is 16.5 Å². The van der Waals surface area contributed by atoms with E-state index in [1.165, 1.54) is 11.1 Å². The molecule has 0 fully saturated rings. The molecule has 0 N–H and O–H groups in total. The minimum atomic E-state index is 0.593. The molecule has 1 heterocycles. The Balaban J connectivity index is 1.87. The highest BCUT2D eigenvalue weighted by atomic mass is 32.1. The van der Waals surface area contributed by atoms with E-state index >= 15 is 0 Å². The van der Waals surface area contributed by atoms with Crippen LogP contribution in [0.3, 0.4) is 0 Å². The lowest BCUT2D eigenvalue weighted by atomic mass is 10.1. The second-order valence-corrected chi connectivity index (χ2v) is 6.75. The molecule has 124 valence electrons. The summed E-state index contributed by atoms with van der Waals surface area (Å²) in [4.78, 5) is 5.52. The van der Waals surface area contributed by atoms with E-state index < -0.39 is 0 Å². The van der Waals surface area contributed by atoms with E-state index in [2.05, 4.69) is 65.5 Å². The summed E-state index contributed by atoms with van der Waals surface area (Å²) in [6.07, 6.45) is 3.83. The molecular formula is C21H19N3S. The van der Waals surface area contributed by atoms with Gasteiger partial charge in [-0.2, -0.15) is 5.10 Å². The fourth-order valence-electron chi connectivity index (χ4n) is 3.09. The van der Waals surface area contributed by atoms with Crippen LogP contribution < -0.4 is 4.80 Å². The first-order chi connectivity index (χ1) is 12.4. The monoisotopic (exact) mass is 345 g/mol. The van der Waals surface area contributed by atoms with Crippen molar-refractivity contribution in [3.63, 3.8) is 0 Å². The minimum Gasteiger partial charge on any atom is -0.253 e. The van der Waals surface area contributed by atoms with Crippen LogP contribution >= 0.6 is 11.3 Å². The third-order valence-corrected chi connectivity index (χ3v) is 5.14. The molecule has 25 heavy (non-hydrogen) atoms. The number of thiazole rings is 1. The highest BCUT2D eigenvalue weighted by molar-refractivity contribution is 7.07. The molecule has 0 saturated heterocycles. The highest BCUT2D eigenvalue weighted by Gasteiger charge is 2.18. The van der Waals surface area contributed by atoms with Gasteiger partial charge in [0.15, 0.2) is 0 Å². The fourth-order valence-corrected chi connectivity index (χ4v) is 3.93. The largest absolute Gasteiger partial charge is 0.253 e. The summed E-state index contributed by atoms with van der Waals surface area (Å²) in [6.45, 7) is 4.36. The molecule has 0 radical (unpaired) electrons. The summed E-state index contributed by atoms with van der Waals surface area (Å²) in [7, 11) is 0. The van der Waals surface area contributed by atoms with Gasteiger partial charge in [-0.3, -0.25) is 4.99 Å². The molecule has 3 aromatic rings. The average Bonchev–Trinajstić information content (AvgIpc) is 3.26. The molecule has 1 aliphatic rings. The predicted octanol–water partition coefficient (Wildman–Crippen LogP) is 4.50. The number of benzene rings is 2. The molecule has 3 nitrogen and oxygen atoms in total. The second-order valence-electron chi connectivity index (χ2n) is 5.91. The summed E-state index contributed by atoms with van der Waals surface area (Å²) < 4.78 is 1.99. The second kappa shape index (κ2) is 7.03. The molecule has 4 heteroatoms. The molecular weight excluding hydrogens is 326 g/mol. The van der Waals surface area contributed by atoms with Crippen molar-refractivity contribution in [3.05, 3.63) is 88.6 Å².